The van der Waals surface area contributed by atoms with E-state index in [0.29, 0.717) is 5.41 Å². The second kappa shape index (κ2) is 4.45. The van der Waals surface area contributed by atoms with Gasteiger partial charge >= 0.3 is 0 Å². The van der Waals surface area contributed by atoms with Gasteiger partial charge in [-0.25, -0.2) is 0 Å². The van der Waals surface area contributed by atoms with Crippen LogP contribution in [-0.4, -0.2) is 12.6 Å². The molecule has 1 aliphatic rings. The zero-order chi connectivity index (χ0) is 9.90. The van der Waals surface area contributed by atoms with Crippen molar-refractivity contribution in [2.24, 2.45) is 11.3 Å². The molecule has 1 saturated carbocycles. The van der Waals surface area contributed by atoms with Crippen molar-refractivity contribution < 1.29 is 0 Å². The fourth-order valence-electron chi connectivity index (χ4n) is 2.47. The van der Waals surface area contributed by atoms with Crippen LogP contribution in [0.15, 0.2) is 0 Å². The van der Waals surface area contributed by atoms with Crippen LogP contribution in [0.3, 0.4) is 0 Å². The zero-order valence-corrected chi connectivity index (χ0v) is 9.69. The van der Waals surface area contributed by atoms with Crippen molar-refractivity contribution in [2.75, 3.05) is 6.54 Å². The molecule has 13 heavy (non-hydrogen) atoms. The van der Waals surface area contributed by atoms with Gasteiger partial charge in [0, 0.05) is 6.04 Å². The Kier molecular flexibility index (Phi) is 3.78. The summed E-state index contributed by atoms with van der Waals surface area (Å²) in [6.45, 7) is 10.4. The monoisotopic (exact) mass is 183 g/mol. The number of nitrogens with one attached hydrogen (secondary N) is 1. The van der Waals surface area contributed by atoms with Crippen LogP contribution in [0.4, 0.5) is 0 Å². The molecule has 0 amide bonds. The van der Waals surface area contributed by atoms with Crippen molar-refractivity contribution in [1.82, 2.24) is 5.32 Å². The minimum absolute atomic E-state index is 0.632. The first-order valence-electron chi connectivity index (χ1n) is 5.91. The molecular weight excluding hydrogens is 158 g/mol. The summed E-state index contributed by atoms with van der Waals surface area (Å²) < 4.78 is 0. The van der Waals surface area contributed by atoms with E-state index in [-0.39, 0.29) is 0 Å². The normalized spacial score (nSPS) is 21.9. The van der Waals surface area contributed by atoms with Gasteiger partial charge < -0.3 is 5.32 Å². The highest BCUT2D eigenvalue weighted by molar-refractivity contribution is 5.00. The van der Waals surface area contributed by atoms with E-state index >= 15 is 0 Å². The van der Waals surface area contributed by atoms with Gasteiger partial charge in [0.1, 0.15) is 0 Å². The molecule has 1 unspecified atom stereocenters. The van der Waals surface area contributed by atoms with Crippen molar-refractivity contribution in [2.45, 2.75) is 59.4 Å². The van der Waals surface area contributed by atoms with Crippen molar-refractivity contribution >= 4 is 0 Å². The van der Waals surface area contributed by atoms with Gasteiger partial charge in [0.15, 0.2) is 0 Å². The fourth-order valence-corrected chi connectivity index (χ4v) is 2.47. The largest absolute Gasteiger partial charge is 0.313 e. The van der Waals surface area contributed by atoms with Crippen LogP contribution in [0.25, 0.3) is 0 Å². The van der Waals surface area contributed by atoms with Crippen molar-refractivity contribution in [3.63, 3.8) is 0 Å². The van der Waals surface area contributed by atoms with Crippen LogP contribution in [0.2, 0.25) is 0 Å². The molecule has 1 atom stereocenters. The first-order valence-corrected chi connectivity index (χ1v) is 5.91. The molecule has 1 rings (SSSR count). The first-order chi connectivity index (χ1) is 6.18. The highest BCUT2D eigenvalue weighted by Crippen LogP contribution is 2.51. The minimum atomic E-state index is 0.632. The third-order valence-electron chi connectivity index (χ3n) is 3.73. The summed E-state index contributed by atoms with van der Waals surface area (Å²) in [6, 6.07) is 0.771. The molecule has 0 heterocycles. The lowest BCUT2D eigenvalue weighted by Gasteiger charge is -2.31. The number of hydrogen-bond donors (Lipinski definition) is 1. The van der Waals surface area contributed by atoms with Crippen molar-refractivity contribution in [1.29, 1.82) is 0 Å². The molecule has 1 nitrogen and oxygen atoms in total. The Hall–Kier alpha value is -0.0400. The molecule has 0 aromatic carbocycles. The van der Waals surface area contributed by atoms with E-state index in [1.54, 1.807) is 0 Å². The van der Waals surface area contributed by atoms with Gasteiger partial charge in [-0.15, -0.1) is 0 Å². The van der Waals surface area contributed by atoms with E-state index in [0.717, 1.165) is 18.5 Å². The minimum Gasteiger partial charge on any atom is -0.313 e. The molecule has 1 heteroatoms. The highest BCUT2D eigenvalue weighted by Gasteiger charge is 2.46. The van der Waals surface area contributed by atoms with E-state index < -0.39 is 0 Å². The lowest BCUT2D eigenvalue weighted by atomic mass is 9.83. The molecule has 0 spiro atoms. The Morgan fingerprint density at radius 3 is 2.00 bits per heavy atom. The summed E-state index contributed by atoms with van der Waals surface area (Å²) in [4.78, 5) is 0. The van der Waals surface area contributed by atoms with Crippen molar-refractivity contribution in [3.8, 4) is 0 Å². The lowest BCUT2D eigenvalue weighted by molar-refractivity contribution is 0.244. The van der Waals surface area contributed by atoms with Gasteiger partial charge in [0.2, 0.25) is 0 Å². The van der Waals surface area contributed by atoms with Crippen molar-refractivity contribution in [3.05, 3.63) is 0 Å². The van der Waals surface area contributed by atoms with Crippen LogP contribution in [0.5, 0.6) is 0 Å². The Morgan fingerprint density at radius 2 is 1.69 bits per heavy atom. The third kappa shape index (κ3) is 2.46. The molecule has 1 aliphatic carbocycles. The Balaban J connectivity index is 2.55. The average molecular weight is 183 g/mol. The van der Waals surface area contributed by atoms with E-state index in [1.165, 1.54) is 25.7 Å². The van der Waals surface area contributed by atoms with Gasteiger partial charge in [-0.1, -0.05) is 40.5 Å². The summed E-state index contributed by atoms with van der Waals surface area (Å²) in [5.41, 5.74) is 0.632. The average Bonchev–Trinajstić information content (AvgIpc) is 2.85. The van der Waals surface area contributed by atoms with E-state index in [9.17, 15) is 0 Å². The lowest BCUT2D eigenvalue weighted by Crippen LogP contribution is -2.42. The zero-order valence-electron chi connectivity index (χ0n) is 9.69. The Bertz CT molecular complexity index is 145. The Labute approximate surface area is 83.3 Å². The van der Waals surface area contributed by atoms with Crippen LogP contribution < -0.4 is 5.32 Å². The molecule has 1 fully saturated rings. The predicted octanol–water partition coefficient (Wildman–Crippen LogP) is 3.20. The molecule has 78 valence electrons. The molecule has 0 radical (unpaired) electrons. The molecule has 0 aliphatic heterocycles. The maximum Gasteiger partial charge on any atom is 0.0149 e. The number of rotatable bonds is 6. The molecule has 1 N–H and O–H groups in total. The second-order valence-electron chi connectivity index (χ2n) is 4.77. The van der Waals surface area contributed by atoms with Gasteiger partial charge in [-0.05, 0) is 30.7 Å². The second-order valence-corrected chi connectivity index (χ2v) is 4.77. The van der Waals surface area contributed by atoms with Gasteiger partial charge in [-0.2, -0.15) is 0 Å². The summed E-state index contributed by atoms with van der Waals surface area (Å²) in [5.74, 6) is 0.882. The molecular formula is C12H25N. The maximum absolute atomic E-state index is 3.69. The van der Waals surface area contributed by atoms with E-state index in [1.807, 2.05) is 0 Å². The SMILES string of the molecule is CCNC(C(CC)CC)C1(C)CC1. The standard InChI is InChI=1S/C12H25N/c1-5-10(6-2)11(13-7-3)12(4)8-9-12/h10-11,13H,5-9H2,1-4H3. The Morgan fingerprint density at radius 1 is 1.15 bits per heavy atom. The quantitative estimate of drug-likeness (QED) is 0.667. The van der Waals surface area contributed by atoms with Gasteiger partial charge in [0.05, 0.1) is 0 Å². The van der Waals surface area contributed by atoms with E-state index in [4.69, 9.17) is 0 Å². The molecule has 0 saturated heterocycles. The van der Waals surface area contributed by atoms with Crippen LogP contribution in [0.1, 0.15) is 53.4 Å². The highest BCUT2D eigenvalue weighted by atomic mass is 14.9. The molecule has 0 aromatic rings. The van der Waals surface area contributed by atoms with Gasteiger partial charge in [0.25, 0.3) is 0 Å². The summed E-state index contributed by atoms with van der Waals surface area (Å²) in [7, 11) is 0. The smallest absolute Gasteiger partial charge is 0.0149 e. The summed E-state index contributed by atoms with van der Waals surface area (Å²) in [5, 5.41) is 3.69. The maximum atomic E-state index is 3.69. The third-order valence-corrected chi connectivity index (χ3v) is 3.73. The van der Waals surface area contributed by atoms with E-state index in [2.05, 4.69) is 33.0 Å². The summed E-state index contributed by atoms with van der Waals surface area (Å²) >= 11 is 0. The molecule has 0 bridgehead atoms. The van der Waals surface area contributed by atoms with Crippen LogP contribution in [0, 0.1) is 11.3 Å². The first kappa shape index (κ1) is 11.0. The topological polar surface area (TPSA) is 12.0 Å². The predicted molar refractivity (Wildman–Crippen MR) is 58.9 cm³/mol. The molecule has 0 aromatic heterocycles. The fraction of sp³-hybridized carbons (Fsp3) is 1.00. The van der Waals surface area contributed by atoms with Gasteiger partial charge in [-0.3, -0.25) is 0 Å². The number of hydrogen-bond acceptors (Lipinski definition) is 1. The summed E-state index contributed by atoms with van der Waals surface area (Å²) in [6.07, 6.45) is 5.51. The van der Waals surface area contributed by atoms with Crippen LogP contribution in [-0.2, 0) is 0 Å². The van der Waals surface area contributed by atoms with Crippen LogP contribution >= 0.6 is 0 Å².